The average Bonchev–Trinajstić information content (AvgIpc) is 3.45. The molecule has 0 saturated carbocycles. The van der Waals surface area contributed by atoms with Crippen LogP contribution < -0.4 is 0 Å². The number of piperazine rings is 1. The smallest absolute Gasteiger partial charge is 0.416 e. The van der Waals surface area contributed by atoms with E-state index in [9.17, 15) is 22.8 Å². The van der Waals surface area contributed by atoms with Gasteiger partial charge in [0.05, 0.1) is 17.5 Å². The molecule has 0 aliphatic carbocycles. The Hall–Kier alpha value is -3.70. The standard InChI is InChI=1S/C18H15F3N6O3/c19-18(20,21)12-3-5-13(6-4-12)27-23-15(22-24-27)17(29)26-9-7-25(8-10-26)16(28)14-2-1-11-30-14/h1-6,11H,7-10H2. The first-order valence-corrected chi connectivity index (χ1v) is 8.92. The lowest BCUT2D eigenvalue weighted by Gasteiger charge is -2.33. The first-order chi connectivity index (χ1) is 14.3. The number of nitrogens with zero attached hydrogens (tertiary/aromatic N) is 6. The third-order valence-electron chi connectivity index (χ3n) is 4.62. The number of hydrogen-bond acceptors (Lipinski definition) is 6. The molecule has 0 N–H and O–H groups in total. The zero-order valence-electron chi connectivity index (χ0n) is 15.4. The lowest BCUT2D eigenvalue weighted by molar-refractivity contribution is -0.137. The first kappa shape index (κ1) is 19.6. The highest BCUT2D eigenvalue weighted by Crippen LogP contribution is 2.29. The lowest BCUT2D eigenvalue weighted by Crippen LogP contribution is -2.50. The van der Waals surface area contributed by atoms with Gasteiger partial charge in [0.2, 0.25) is 0 Å². The molecule has 1 saturated heterocycles. The highest BCUT2D eigenvalue weighted by molar-refractivity contribution is 5.92. The molecule has 9 nitrogen and oxygen atoms in total. The Bertz CT molecular complexity index is 1040. The van der Waals surface area contributed by atoms with Crippen molar-refractivity contribution in [3.05, 3.63) is 59.8 Å². The third-order valence-corrected chi connectivity index (χ3v) is 4.62. The van der Waals surface area contributed by atoms with Gasteiger partial charge in [0.15, 0.2) is 5.76 Å². The molecule has 0 atom stereocenters. The molecule has 3 aromatic rings. The van der Waals surface area contributed by atoms with Crippen LogP contribution in [-0.4, -0.2) is 68.0 Å². The normalized spacial score (nSPS) is 14.8. The predicted octanol–water partition coefficient (Wildman–Crippen LogP) is 1.87. The molecular formula is C18H15F3N6O3. The maximum atomic E-state index is 12.7. The summed E-state index contributed by atoms with van der Waals surface area (Å²) in [5.41, 5.74) is -0.562. The van der Waals surface area contributed by atoms with Crippen molar-refractivity contribution in [3.63, 3.8) is 0 Å². The Balaban J connectivity index is 1.39. The van der Waals surface area contributed by atoms with E-state index >= 15 is 0 Å². The zero-order chi connectivity index (χ0) is 21.3. The van der Waals surface area contributed by atoms with Gasteiger partial charge < -0.3 is 14.2 Å². The second-order valence-corrected chi connectivity index (χ2v) is 6.51. The number of alkyl halides is 3. The molecule has 2 amide bonds. The van der Waals surface area contributed by atoms with Gasteiger partial charge in [-0.2, -0.15) is 13.2 Å². The van der Waals surface area contributed by atoms with Gasteiger partial charge >= 0.3 is 6.18 Å². The summed E-state index contributed by atoms with van der Waals surface area (Å²) in [6.07, 6.45) is -3.03. The van der Waals surface area contributed by atoms with Gasteiger partial charge in [-0.1, -0.05) is 0 Å². The van der Waals surface area contributed by atoms with Gasteiger partial charge in [-0.3, -0.25) is 9.59 Å². The van der Waals surface area contributed by atoms with Crippen LogP contribution in [0.2, 0.25) is 0 Å². The van der Waals surface area contributed by atoms with Crippen LogP contribution in [-0.2, 0) is 6.18 Å². The molecular weight excluding hydrogens is 405 g/mol. The Labute approximate surface area is 167 Å². The Morgan fingerprint density at radius 1 is 0.933 bits per heavy atom. The van der Waals surface area contributed by atoms with Gasteiger partial charge in [0.25, 0.3) is 17.6 Å². The van der Waals surface area contributed by atoms with Crippen LogP contribution in [0.3, 0.4) is 0 Å². The van der Waals surface area contributed by atoms with Crippen LogP contribution in [0.4, 0.5) is 13.2 Å². The van der Waals surface area contributed by atoms with Crippen molar-refractivity contribution < 1.29 is 27.2 Å². The van der Waals surface area contributed by atoms with Crippen LogP contribution >= 0.6 is 0 Å². The van der Waals surface area contributed by atoms with E-state index in [1.165, 1.54) is 23.3 Å². The zero-order valence-corrected chi connectivity index (χ0v) is 15.4. The van der Waals surface area contributed by atoms with Crippen molar-refractivity contribution in [2.75, 3.05) is 26.2 Å². The molecule has 1 fully saturated rings. The second kappa shape index (κ2) is 7.61. The van der Waals surface area contributed by atoms with Crippen LogP contribution in [0.5, 0.6) is 0 Å². The molecule has 1 aliphatic heterocycles. The van der Waals surface area contributed by atoms with Crippen molar-refractivity contribution in [1.82, 2.24) is 30.0 Å². The SMILES string of the molecule is O=C(c1nnn(-c2ccc(C(F)(F)F)cc2)n1)N1CCN(C(=O)c2ccco2)CC1. The summed E-state index contributed by atoms with van der Waals surface area (Å²) in [5, 5.41) is 11.4. The van der Waals surface area contributed by atoms with E-state index in [2.05, 4.69) is 15.4 Å². The first-order valence-electron chi connectivity index (χ1n) is 8.92. The summed E-state index contributed by atoms with van der Waals surface area (Å²) >= 11 is 0. The Morgan fingerprint density at radius 3 is 2.13 bits per heavy atom. The quantitative estimate of drug-likeness (QED) is 0.642. The molecule has 1 aromatic carbocycles. The van der Waals surface area contributed by atoms with E-state index in [1.807, 2.05) is 0 Å². The second-order valence-electron chi connectivity index (χ2n) is 6.51. The van der Waals surface area contributed by atoms with Crippen LogP contribution in [0, 0.1) is 0 Å². The van der Waals surface area contributed by atoms with Crippen molar-refractivity contribution in [3.8, 4) is 5.69 Å². The van der Waals surface area contributed by atoms with E-state index < -0.39 is 17.6 Å². The fourth-order valence-corrected chi connectivity index (χ4v) is 3.00. The highest BCUT2D eigenvalue weighted by Gasteiger charge is 2.31. The number of hydrogen-bond donors (Lipinski definition) is 0. The van der Waals surface area contributed by atoms with Gasteiger partial charge in [-0.15, -0.1) is 15.0 Å². The molecule has 4 rings (SSSR count). The van der Waals surface area contributed by atoms with E-state index in [-0.39, 0.29) is 36.3 Å². The van der Waals surface area contributed by atoms with Gasteiger partial charge in [-0.25, -0.2) is 0 Å². The van der Waals surface area contributed by atoms with Crippen molar-refractivity contribution >= 4 is 11.8 Å². The Morgan fingerprint density at radius 2 is 1.57 bits per heavy atom. The molecule has 30 heavy (non-hydrogen) atoms. The average molecular weight is 420 g/mol. The topological polar surface area (TPSA) is 97.4 Å². The number of aromatic nitrogens is 4. The summed E-state index contributed by atoms with van der Waals surface area (Å²) in [6.45, 7) is 1.19. The fourth-order valence-electron chi connectivity index (χ4n) is 3.00. The minimum Gasteiger partial charge on any atom is -0.459 e. The van der Waals surface area contributed by atoms with Gasteiger partial charge in [0.1, 0.15) is 0 Å². The number of amides is 2. The molecule has 3 heterocycles. The monoisotopic (exact) mass is 420 g/mol. The van der Waals surface area contributed by atoms with E-state index in [0.717, 1.165) is 16.9 Å². The molecule has 2 aromatic heterocycles. The van der Waals surface area contributed by atoms with Crippen molar-refractivity contribution in [1.29, 1.82) is 0 Å². The molecule has 1 aliphatic rings. The summed E-state index contributed by atoms with van der Waals surface area (Å²) in [6, 6.07) is 7.38. The molecule has 0 spiro atoms. The van der Waals surface area contributed by atoms with E-state index in [1.54, 1.807) is 17.0 Å². The number of benzene rings is 1. The predicted molar refractivity (Wildman–Crippen MR) is 94.7 cm³/mol. The summed E-state index contributed by atoms with van der Waals surface area (Å²) in [4.78, 5) is 28.9. The number of tetrazole rings is 1. The fraction of sp³-hybridized carbons (Fsp3) is 0.278. The Kier molecular flexibility index (Phi) is 4.98. The molecule has 0 radical (unpaired) electrons. The maximum Gasteiger partial charge on any atom is 0.416 e. The highest BCUT2D eigenvalue weighted by atomic mass is 19.4. The van der Waals surface area contributed by atoms with Crippen LogP contribution in [0.15, 0.2) is 47.1 Å². The molecule has 0 bridgehead atoms. The number of halogens is 3. The number of carbonyl (C=O) groups is 2. The lowest BCUT2D eigenvalue weighted by atomic mass is 10.2. The largest absolute Gasteiger partial charge is 0.459 e. The minimum atomic E-state index is -4.45. The number of furan rings is 1. The van der Waals surface area contributed by atoms with Crippen LogP contribution in [0.25, 0.3) is 5.69 Å². The maximum absolute atomic E-state index is 12.7. The van der Waals surface area contributed by atoms with Gasteiger partial charge in [0, 0.05) is 26.2 Å². The summed E-state index contributed by atoms with van der Waals surface area (Å²) in [5.74, 6) is -0.673. The molecule has 12 heteroatoms. The molecule has 0 unspecified atom stereocenters. The van der Waals surface area contributed by atoms with Crippen LogP contribution in [0.1, 0.15) is 26.7 Å². The number of rotatable bonds is 3. The molecule has 156 valence electrons. The van der Waals surface area contributed by atoms with E-state index in [0.29, 0.717) is 13.1 Å². The summed E-state index contributed by atoms with van der Waals surface area (Å²) in [7, 11) is 0. The van der Waals surface area contributed by atoms with E-state index in [4.69, 9.17) is 4.42 Å². The number of carbonyl (C=O) groups excluding carboxylic acids is 2. The third kappa shape index (κ3) is 3.88. The summed E-state index contributed by atoms with van der Waals surface area (Å²) < 4.78 is 43.1. The van der Waals surface area contributed by atoms with Crippen molar-refractivity contribution in [2.24, 2.45) is 0 Å². The van der Waals surface area contributed by atoms with Gasteiger partial charge in [-0.05, 0) is 41.6 Å². The van der Waals surface area contributed by atoms with Crippen molar-refractivity contribution in [2.45, 2.75) is 6.18 Å². The minimum absolute atomic E-state index is 0.180.